The van der Waals surface area contributed by atoms with Crippen molar-refractivity contribution in [2.75, 3.05) is 19.8 Å². The highest BCUT2D eigenvalue weighted by Gasteiger charge is 2.25. The average Bonchev–Trinajstić information content (AvgIpc) is 2.41. The number of hydrogen-bond donors (Lipinski definition) is 1. The molecule has 1 fully saturated rings. The van der Waals surface area contributed by atoms with E-state index in [1.807, 2.05) is 4.90 Å². The maximum atomic E-state index is 12.5. The number of aliphatic carboxylic acids is 1. The summed E-state index contributed by atoms with van der Waals surface area (Å²) < 4.78 is 30.2. The number of carbonyl (C=O) groups is 1. The number of benzene rings is 1. The molecule has 1 aliphatic heterocycles. The first kappa shape index (κ1) is 14.9. The number of morpholine rings is 1. The second-order valence-electron chi connectivity index (χ2n) is 4.84. The van der Waals surface area contributed by atoms with E-state index in [0.29, 0.717) is 26.3 Å². The summed E-state index contributed by atoms with van der Waals surface area (Å²) in [4.78, 5) is 12.8. The average molecular weight is 285 g/mol. The van der Waals surface area contributed by atoms with Crippen LogP contribution >= 0.6 is 0 Å². The van der Waals surface area contributed by atoms with E-state index in [2.05, 4.69) is 0 Å². The number of carboxylic acid groups (broad SMARTS) is 1. The van der Waals surface area contributed by atoms with E-state index in [0.717, 1.165) is 5.56 Å². The van der Waals surface area contributed by atoms with Crippen molar-refractivity contribution in [3.05, 3.63) is 35.4 Å². The van der Waals surface area contributed by atoms with Crippen LogP contribution in [-0.4, -0.2) is 41.8 Å². The van der Waals surface area contributed by atoms with E-state index in [9.17, 15) is 13.6 Å². The van der Waals surface area contributed by atoms with Gasteiger partial charge in [-0.2, -0.15) is 0 Å². The Bertz CT molecular complexity index is 450. The normalized spacial score (nSPS) is 20.2. The predicted molar refractivity (Wildman–Crippen MR) is 68.7 cm³/mol. The molecule has 0 aromatic heterocycles. The Morgan fingerprint density at radius 3 is 2.70 bits per heavy atom. The molecule has 1 atom stereocenters. The van der Waals surface area contributed by atoms with Crippen LogP contribution in [0.5, 0.6) is 0 Å². The van der Waals surface area contributed by atoms with Gasteiger partial charge in [0, 0.05) is 24.7 Å². The summed E-state index contributed by atoms with van der Waals surface area (Å²) >= 11 is 0. The molecule has 0 radical (unpaired) electrons. The number of ether oxygens (including phenoxy) is 1. The zero-order valence-corrected chi connectivity index (χ0v) is 11.0. The molecule has 0 spiro atoms. The maximum Gasteiger partial charge on any atom is 0.305 e. The molecule has 4 nitrogen and oxygen atoms in total. The second kappa shape index (κ2) is 6.76. The summed E-state index contributed by atoms with van der Waals surface area (Å²) in [5.41, 5.74) is 0.893. The van der Waals surface area contributed by atoms with Gasteiger partial charge in [0.05, 0.1) is 19.6 Å². The monoisotopic (exact) mass is 285 g/mol. The minimum absolute atomic E-state index is 0.00202. The van der Waals surface area contributed by atoms with Gasteiger partial charge in [0.15, 0.2) is 0 Å². The third-order valence-electron chi connectivity index (χ3n) is 3.38. The zero-order chi connectivity index (χ0) is 14.5. The van der Waals surface area contributed by atoms with Gasteiger partial charge in [0.25, 0.3) is 6.43 Å². The number of carboxylic acids is 1. The van der Waals surface area contributed by atoms with Crippen LogP contribution in [0, 0.1) is 0 Å². The molecular weight excluding hydrogens is 268 g/mol. The molecular formula is C14H17F2NO3. The summed E-state index contributed by atoms with van der Waals surface area (Å²) in [6.07, 6.45) is -2.44. The van der Waals surface area contributed by atoms with Crippen LogP contribution in [0.3, 0.4) is 0 Å². The molecule has 1 unspecified atom stereocenters. The first-order valence-electron chi connectivity index (χ1n) is 6.47. The van der Waals surface area contributed by atoms with Crippen molar-refractivity contribution in [3.8, 4) is 0 Å². The molecule has 1 heterocycles. The molecule has 1 N–H and O–H groups in total. The molecule has 6 heteroatoms. The fourth-order valence-corrected chi connectivity index (χ4v) is 2.29. The molecule has 20 heavy (non-hydrogen) atoms. The molecule has 0 saturated carbocycles. The van der Waals surface area contributed by atoms with Crippen LogP contribution in [0.4, 0.5) is 8.78 Å². The van der Waals surface area contributed by atoms with Crippen LogP contribution in [-0.2, 0) is 16.1 Å². The molecule has 0 aliphatic carbocycles. The fraction of sp³-hybridized carbons (Fsp3) is 0.500. The van der Waals surface area contributed by atoms with Crippen LogP contribution in [0.15, 0.2) is 24.3 Å². The lowest BCUT2D eigenvalue weighted by Crippen LogP contribution is -2.45. The SMILES string of the molecule is O=C(O)CC1COCCN1Cc1ccc(C(F)F)cc1. The van der Waals surface area contributed by atoms with Crippen LogP contribution in [0.2, 0.25) is 0 Å². The minimum atomic E-state index is -2.47. The van der Waals surface area contributed by atoms with Crippen LogP contribution < -0.4 is 0 Å². The second-order valence-corrected chi connectivity index (χ2v) is 4.84. The first-order valence-corrected chi connectivity index (χ1v) is 6.47. The largest absolute Gasteiger partial charge is 0.481 e. The Balaban J connectivity index is 2.00. The molecule has 1 saturated heterocycles. The van der Waals surface area contributed by atoms with Crippen molar-refractivity contribution in [2.45, 2.75) is 25.4 Å². The van der Waals surface area contributed by atoms with Gasteiger partial charge in [-0.1, -0.05) is 24.3 Å². The molecule has 0 amide bonds. The van der Waals surface area contributed by atoms with Crippen molar-refractivity contribution in [2.24, 2.45) is 0 Å². The van der Waals surface area contributed by atoms with E-state index in [4.69, 9.17) is 9.84 Å². The third-order valence-corrected chi connectivity index (χ3v) is 3.38. The summed E-state index contributed by atoms with van der Waals surface area (Å²) in [5.74, 6) is -0.862. The molecule has 1 aliphatic rings. The minimum Gasteiger partial charge on any atom is -0.481 e. The number of halogens is 2. The summed E-state index contributed by atoms with van der Waals surface area (Å²) in [6, 6.07) is 5.97. The van der Waals surface area contributed by atoms with Crippen LogP contribution in [0.1, 0.15) is 24.0 Å². The maximum absolute atomic E-state index is 12.5. The van der Waals surface area contributed by atoms with Gasteiger partial charge in [-0.15, -0.1) is 0 Å². The highest BCUT2D eigenvalue weighted by molar-refractivity contribution is 5.67. The van der Waals surface area contributed by atoms with Gasteiger partial charge in [-0.25, -0.2) is 8.78 Å². The Morgan fingerprint density at radius 2 is 2.10 bits per heavy atom. The molecule has 0 bridgehead atoms. The number of rotatable bonds is 5. The highest BCUT2D eigenvalue weighted by atomic mass is 19.3. The van der Waals surface area contributed by atoms with Gasteiger partial charge in [0.2, 0.25) is 0 Å². The van der Waals surface area contributed by atoms with Gasteiger partial charge in [-0.3, -0.25) is 9.69 Å². The topological polar surface area (TPSA) is 49.8 Å². The molecule has 1 aromatic rings. The molecule has 1 aromatic carbocycles. The Kier molecular flexibility index (Phi) is 5.03. The van der Waals surface area contributed by atoms with Gasteiger partial charge in [-0.05, 0) is 5.56 Å². The van der Waals surface area contributed by atoms with Crippen molar-refractivity contribution >= 4 is 5.97 Å². The Labute approximate surface area is 116 Å². The zero-order valence-electron chi connectivity index (χ0n) is 11.0. The Hall–Kier alpha value is -1.53. The molecule has 2 rings (SSSR count). The number of alkyl halides is 2. The van der Waals surface area contributed by atoms with Crippen molar-refractivity contribution in [1.29, 1.82) is 0 Å². The van der Waals surface area contributed by atoms with Gasteiger partial charge < -0.3 is 9.84 Å². The fourth-order valence-electron chi connectivity index (χ4n) is 2.29. The van der Waals surface area contributed by atoms with Crippen molar-refractivity contribution < 1.29 is 23.4 Å². The number of nitrogens with zero attached hydrogens (tertiary/aromatic N) is 1. The summed E-state index contributed by atoms with van der Waals surface area (Å²) in [5, 5.41) is 8.88. The lowest BCUT2D eigenvalue weighted by atomic mass is 10.1. The lowest BCUT2D eigenvalue weighted by molar-refractivity contribution is -0.140. The molecule has 110 valence electrons. The predicted octanol–water partition coefficient (Wildman–Crippen LogP) is 2.30. The van der Waals surface area contributed by atoms with E-state index >= 15 is 0 Å². The summed E-state index contributed by atoms with van der Waals surface area (Å²) in [6.45, 7) is 2.14. The van der Waals surface area contributed by atoms with Gasteiger partial charge >= 0.3 is 5.97 Å². The quantitative estimate of drug-likeness (QED) is 0.902. The van der Waals surface area contributed by atoms with Crippen molar-refractivity contribution in [3.63, 3.8) is 0 Å². The van der Waals surface area contributed by atoms with E-state index in [-0.39, 0.29) is 18.0 Å². The number of hydrogen-bond acceptors (Lipinski definition) is 3. The highest BCUT2D eigenvalue weighted by Crippen LogP contribution is 2.20. The van der Waals surface area contributed by atoms with Crippen LogP contribution in [0.25, 0.3) is 0 Å². The third kappa shape index (κ3) is 3.98. The lowest BCUT2D eigenvalue weighted by Gasteiger charge is -2.34. The van der Waals surface area contributed by atoms with Crippen molar-refractivity contribution in [1.82, 2.24) is 4.90 Å². The first-order chi connectivity index (χ1) is 9.56. The van der Waals surface area contributed by atoms with E-state index in [1.54, 1.807) is 12.1 Å². The van der Waals surface area contributed by atoms with E-state index < -0.39 is 12.4 Å². The Morgan fingerprint density at radius 1 is 1.40 bits per heavy atom. The van der Waals surface area contributed by atoms with Gasteiger partial charge in [0.1, 0.15) is 0 Å². The summed E-state index contributed by atoms with van der Waals surface area (Å²) in [7, 11) is 0. The standard InChI is InChI=1S/C14H17F2NO3/c15-14(16)11-3-1-10(2-4-11)8-17-5-6-20-9-12(17)7-13(18)19/h1-4,12,14H,5-9H2,(H,18,19). The smallest absolute Gasteiger partial charge is 0.305 e. The van der Waals surface area contributed by atoms with E-state index in [1.165, 1.54) is 12.1 Å².